The second-order valence-corrected chi connectivity index (χ2v) is 7.68. The number of carbonyl (C=O) groups excluding carboxylic acids is 1. The van der Waals surface area contributed by atoms with Crippen molar-refractivity contribution in [2.75, 3.05) is 40.0 Å². The summed E-state index contributed by atoms with van der Waals surface area (Å²) in [5, 5.41) is 4.12. The van der Waals surface area contributed by atoms with E-state index in [2.05, 4.69) is 22.3 Å². The van der Waals surface area contributed by atoms with Crippen LogP contribution >= 0.6 is 0 Å². The van der Waals surface area contributed by atoms with Crippen LogP contribution in [0.4, 0.5) is 0 Å². The normalized spacial score (nSPS) is 15.8. The monoisotopic (exact) mass is 408 g/mol. The minimum absolute atomic E-state index is 0.00922. The molecule has 0 unspecified atom stereocenters. The first-order chi connectivity index (χ1) is 14.6. The van der Waals surface area contributed by atoms with E-state index in [1.54, 1.807) is 13.4 Å². The molecule has 0 radical (unpaired) electrons. The van der Waals surface area contributed by atoms with E-state index < -0.39 is 0 Å². The summed E-state index contributed by atoms with van der Waals surface area (Å²) in [6.45, 7) is 5.68. The fourth-order valence-electron chi connectivity index (χ4n) is 3.95. The van der Waals surface area contributed by atoms with Gasteiger partial charge in [0.2, 0.25) is 5.91 Å². The Kier molecular flexibility index (Phi) is 6.35. The molecule has 6 nitrogen and oxygen atoms in total. The van der Waals surface area contributed by atoms with E-state index in [9.17, 15) is 4.79 Å². The smallest absolute Gasteiger partial charge is 0.224 e. The van der Waals surface area contributed by atoms with Crippen molar-refractivity contribution in [1.82, 2.24) is 10.2 Å². The van der Waals surface area contributed by atoms with Gasteiger partial charge in [-0.15, -0.1) is 0 Å². The Morgan fingerprint density at radius 2 is 1.93 bits per heavy atom. The molecule has 30 heavy (non-hydrogen) atoms. The van der Waals surface area contributed by atoms with Gasteiger partial charge in [-0.2, -0.15) is 0 Å². The van der Waals surface area contributed by atoms with Crippen LogP contribution in [-0.4, -0.2) is 50.8 Å². The average Bonchev–Trinajstić information content (AvgIpc) is 3.16. The lowest BCUT2D eigenvalue weighted by molar-refractivity contribution is -0.120. The Bertz CT molecular complexity index is 990. The lowest BCUT2D eigenvalue weighted by Crippen LogP contribution is -2.44. The molecule has 158 valence electrons. The zero-order chi connectivity index (χ0) is 20.9. The molecule has 0 bridgehead atoms. The number of methoxy groups -OCH3 is 1. The van der Waals surface area contributed by atoms with Crippen molar-refractivity contribution < 1.29 is 18.7 Å². The molecule has 1 atom stereocenters. The van der Waals surface area contributed by atoms with Crippen LogP contribution in [0.1, 0.15) is 22.7 Å². The van der Waals surface area contributed by atoms with Crippen LogP contribution in [0.5, 0.6) is 5.75 Å². The van der Waals surface area contributed by atoms with Gasteiger partial charge in [0.05, 0.1) is 39.0 Å². The van der Waals surface area contributed by atoms with Gasteiger partial charge in [0.25, 0.3) is 0 Å². The number of amides is 1. The average molecular weight is 408 g/mol. The van der Waals surface area contributed by atoms with Crippen LogP contribution in [0.25, 0.3) is 11.0 Å². The summed E-state index contributed by atoms with van der Waals surface area (Å²) in [4.78, 5) is 15.1. The Morgan fingerprint density at radius 1 is 1.17 bits per heavy atom. The lowest BCUT2D eigenvalue weighted by atomic mass is 10.0. The fraction of sp³-hybridized carbons (Fsp3) is 0.375. The highest BCUT2D eigenvalue weighted by Crippen LogP contribution is 2.25. The molecule has 1 amide bonds. The van der Waals surface area contributed by atoms with Crippen molar-refractivity contribution in [3.8, 4) is 5.75 Å². The van der Waals surface area contributed by atoms with Gasteiger partial charge in [-0.05, 0) is 36.2 Å². The maximum absolute atomic E-state index is 12.7. The number of ether oxygens (including phenoxy) is 2. The highest BCUT2D eigenvalue weighted by molar-refractivity contribution is 5.87. The Balaban J connectivity index is 1.44. The number of morpholine rings is 1. The van der Waals surface area contributed by atoms with E-state index in [1.165, 1.54) is 0 Å². The molecular weight excluding hydrogens is 380 g/mol. The summed E-state index contributed by atoms with van der Waals surface area (Å²) >= 11 is 0. The second kappa shape index (κ2) is 9.32. The summed E-state index contributed by atoms with van der Waals surface area (Å²) in [5.74, 6) is 0.815. The van der Waals surface area contributed by atoms with Gasteiger partial charge in [0.15, 0.2) is 0 Å². The first-order valence-electron chi connectivity index (χ1n) is 10.3. The molecule has 0 spiro atoms. The Morgan fingerprint density at radius 3 is 2.67 bits per heavy atom. The minimum Gasteiger partial charge on any atom is -0.497 e. The molecule has 1 fully saturated rings. The highest BCUT2D eigenvalue weighted by Gasteiger charge is 2.23. The number of furan rings is 1. The van der Waals surface area contributed by atoms with Gasteiger partial charge in [-0.3, -0.25) is 9.69 Å². The molecule has 1 aliphatic heterocycles. The van der Waals surface area contributed by atoms with Crippen LogP contribution < -0.4 is 10.1 Å². The molecule has 2 aromatic carbocycles. The molecule has 1 aliphatic rings. The van der Waals surface area contributed by atoms with Gasteiger partial charge in [-0.1, -0.05) is 24.3 Å². The maximum atomic E-state index is 12.7. The van der Waals surface area contributed by atoms with E-state index in [1.807, 2.05) is 37.3 Å². The summed E-state index contributed by atoms with van der Waals surface area (Å²) in [7, 11) is 1.66. The van der Waals surface area contributed by atoms with Crippen LogP contribution in [-0.2, 0) is 16.0 Å². The van der Waals surface area contributed by atoms with Crippen molar-refractivity contribution in [2.45, 2.75) is 19.4 Å². The van der Waals surface area contributed by atoms with Gasteiger partial charge in [0, 0.05) is 30.6 Å². The van der Waals surface area contributed by atoms with Crippen molar-refractivity contribution in [2.24, 2.45) is 0 Å². The number of aryl methyl sites for hydroxylation is 1. The predicted octanol–water partition coefficient (Wildman–Crippen LogP) is 3.48. The molecule has 0 saturated carbocycles. The first kappa shape index (κ1) is 20.4. The SMILES string of the molecule is COc1ccc([C@H](CNC(=O)Cc2coc3cc(C)ccc23)N2CCOCC2)cc1. The van der Waals surface area contributed by atoms with E-state index >= 15 is 0 Å². The topological polar surface area (TPSA) is 63.9 Å². The van der Waals surface area contributed by atoms with Crippen molar-refractivity contribution in [1.29, 1.82) is 0 Å². The number of rotatable bonds is 7. The third-order valence-corrected chi connectivity index (χ3v) is 5.64. The van der Waals surface area contributed by atoms with Crippen LogP contribution in [0.2, 0.25) is 0 Å². The maximum Gasteiger partial charge on any atom is 0.224 e. The third-order valence-electron chi connectivity index (χ3n) is 5.64. The number of fused-ring (bicyclic) bond motifs is 1. The van der Waals surface area contributed by atoms with E-state index in [0.717, 1.165) is 46.5 Å². The fourth-order valence-corrected chi connectivity index (χ4v) is 3.95. The van der Waals surface area contributed by atoms with Crippen LogP contribution in [0.15, 0.2) is 53.1 Å². The lowest BCUT2D eigenvalue weighted by Gasteiger charge is -2.35. The van der Waals surface area contributed by atoms with E-state index in [-0.39, 0.29) is 11.9 Å². The molecule has 1 saturated heterocycles. The molecular formula is C24H28N2O4. The Hall–Kier alpha value is -2.83. The number of hydrogen-bond donors (Lipinski definition) is 1. The van der Waals surface area contributed by atoms with Gasteiger partial charge >= 0.3 is 0 Å². The number of benzene rings is 2. The molecule has 1 N–H and O–H groups in total. The van der Waals surface area contributed by atoms with Crippen molar-refractivity contribution in [3.05, 3.63) is 65.4 Å². The minimum atomic E-state index is -0.00922. The Labute approximate surface area is 176 Å². The van der Waals surface area contributed by atoms with Crippen LogP contribution in [0, 0.1) is 6.92 Å². The van der Waals surface area contributed by atoms with E-state index in [4.69, 9.17) is 13.9 Å². The number of nitrogens with zero attached hydrogens (tertiary/aromatic N) is 1. The second-order valence-electron chi connectivity index (χ2n) is 7.68. The van der Waals surface area contributed by atoms with Crippen LogP contribution in [0.3, 0.4) is 0 Å². The number of nitrogens with one attached hydrogen (secondary N) is 1. The summed E-state index contributed by atoms with van der Waals surface area (Å²) in [6.07, 6.45) is 1.99. The standard InChI is InChI=1S/C24H28N2O4/c1-17-3-8-21-19(16-30-23(21)13-17)14-24(27)25-15-22(26-9-11-29-12-10-26)18-4-6-20(28-2)7-5-18/h3-8,13,16,22H,9-12,14-15H2,1-2H3,(H,25,27)/t22-/m0/s1. The molecule has 4 rings (SSSR count). The third kappa shape index (κ3) is 4.66. The molecule has 0 aliphatic carbocycles. The van der Waals surface area contributed by atoms with E-state index in [0.29, 0.717) is 26.2 Å². The van der Waals surface area contributed by atoms with Crippen molar-refractivity contribution in [3.63, 3.8) is 0 Å². The number of hydrogen-bond acceptors (Lipinski definition) is 5. The summed E-state index contributed by atoms with van der Waals surface area (Å²) in [5.41, 5.74) is 4.03. The zero-order valence-electron chi connectivity index (χ0n) is 17.5. The predicted molar refractivity (Wildman–Crippen MR) is 116 cm³/mol. The first-order valence-corrected chi connectivity index (χ1v) is 10.3. The molecule has 1 aromatic heterocycles. The number of carbonyl (C=O) groups is 1. The molecule has 3 aromatic rings. The largest absolute Gasteiger partial charge is 0.497 e. The summed E-state index contributed by atoms with van der Waals surface area (Å²) < 4.78 is 16.4. The van der Waals surface area contributed by atoms with Crippen molar-refractivity contribution >= 4 is 16.9 Å². The zero-order valence-corrected chi connectivity index (χ0v) is 17.5. The quantitative estimate of drug-likeness (QED) is 0.648. The highest BCUT2D eigenvalue weighted by atomic mass is 16.5. The summed E-state index contributed by atoms with van der Waals surface area (Å²) in [6, 6.07) is 14.2. The van der Waals surface area contributed by atoms with Gasteiger partial charge < -0.3 is 19.2 Å². The molecule has 6 heteroatoms. The van der Waals surface area contributed by atoms with Gasteiger partial charge in [-0.25, -0.2) is 0 Å². The van der Waals surface area contributed by atoms with Gasteiger partial charge in [0.1, 0.15) is 11.3 Å². The molecule has 2 heterocycles.